The molecule has 1 amide bonds. The van der Waals surface area contributed by atoms with Crippen LogP contribution in [-0.4, -0.2) is 24.0 Å². The van der Waals surface area contributed by atoms with Gasteiger partial charge in [0.05, 0.1) is 12.7 Å². The fourth-order valence-corrected chi connectivity index (χ4v) is 2.96. The molecule has 1 heterocycles. The third kappa shape index (κ3) is 3.97. The lowest BCUT2D eigenvalue weighted by molar-refractivity contribution is -0.150. The highest BCUT2D eigenvalue weighted by Crippen LogP contribution is 2.35. The Hall–Kier alpha value is -2.97. The van der Waals surface area contributed by atoms with Gasteiger partial charge in [-0.05, 0) is 24.5 Å². The summed E-state index contributed by atoms with van der Waals surface area (Å²) < 4.78 is 61.2. The Bertz CT molecular complexity index is 864. The Morgan fingerprint density at radius 3 is 2.07 bits per heavy atom. The minimum atomic E-state index is -2.52. The van der Waals surface area contributed by atoms with Gasteiger partial charge in [0.15, 0.2) is 17.2 Å². The predicted molar refractivity (Wildman–Crippen MR) is 91.1 cm³/mol. The molecule has 1 aromatic heterocycles. The zero-order valence-corrected chi connectivity index (χ0v) is 15.4. The molecule has 5 nitrogen and oxygen atoms in total. The van der Waals surface area contributed by atoms with Crippen molar-refractivity contribution in [2.24, 2.45) is 5.92 Å². The maximum atomic E-state index is 14.5. The van der Waals surface area contributed by atoms with E-state index in [9.17, 15) is 27.2 Å². The van der Waals surface area contributed by atoms with Crippen LogP contribution in [0.2, 0.25) is 0 Å². The van der Waals surface area contributed by atoms with E-state index >= 15 is 0 Å². The summed E-state index contributed by atoms with van der Waals surface area (Å²) in [5.41, 5.74) is -3.76. The summed E-state index contributed by atoms with van der Waals surface area (Å²) in [6.07, 6.45) is -0.394. The van der Waals surface area contributed by atoms with Gasteiger partial charge in [-0.15, -0.1) is 0 Å². The molecule has 0 saturated heterocycles. The summed E-state index contributed by atoms with van der Waals surface area (Å²) in [6.45, 7) is 3.19. The first-order valence-corrected chi connectivity index (χ1v) is 8.30. The van der Waals surface area contributed by atoms with Crippen LogP contribution in [0.5, 0.6) is 0 Å². The molecule has 150 valence electrons. The Morgan fingerprint density at radius 2 is 1.61 bits per heavy atom. The number of ether oxygens (including phenoxy) is 1. The van der Waals surface area contributed by atoms with Crippen LogP contribution in [0.15, 0.2) is 30.3 Å². The van der Waals surface area contributed by atoms with Crippen LogP contribution in [0, 0.1) is 29.4 Å². The number of nitrogens with one attached hydrogen (secondary N) is 1. The minimum Gasteiger partial charge on any atom is -0.467 e. The Kier molecular flexibility index (Phi) is 6.37. The van der Waals surface area contributed by atoms with Crippen LogP contribution in [-0.2, 0) is 15.1 Å². The van der Waals surface area contributed by atoms with E-state index in [0.717, 1.165) is 7.11 Å². The van der Waals surface area contributed by atoms with Gasteiger partial charge in [0, 0.05) is 5.56 Å². The average Bonchev–Trinajstić information content (AvgIpc) is 2.65. The van der Waals surface area contributed by atoms with Gasteiger partial charge in [-0.25, -0.2) is 13.6 Å². The molecule has 28 heavy (non-hydrogen) atoms. The normalized spacial score (nSPS) is 13.1. The predicted octanol–water partition coefficient (Wildman–Crippen LogP) is 3.48. The van der Waals surface area contributed by atoms with Crippen LogP contribution in [0.1, 0.15) is 36.2 Å². The number of esters is 1. The van der Waals surface area contributed by atoms with Crippen molar-refractivity contribution < 1.29 is 31.9 Å². The molecule has 1 unspecified atom stereocenters. The number of methoxy groups -OCH3 is 1. The molecule has 1 aromatic carbocycles. The molecule has 0 aliphatic carbocycles. The maximum absolute atomic E-state index is 14.5. The molecule has 0 spiro atoms. The second-order valence-corrected chi connectivity index (χ2v) is 6.51. The van der Waals surface area contributed by atoms with E-state index in [0.29, 0.717) is 0 Å². The molecule has 2 aromatic rings. The number of rotatable bonds is 6. The molecule has 1 atom stereocenters. The van der Waals surface area contributed by atoms with Crippen LogP contribution in [0.3, 0.4) is 0 Å². The third-order valence-corrected chi connectivity index (χ3v) is 4.04. The average molecular weight is 398 g/mol. The van der Waals surface area contributed by atoms with E-state index in [1.54, 1.807) is 19.9 Å². The summed E-state index contributed by atoms with van der Waals surface area (Å²) in [5.74, 6) is -10.3. The third-order valence-electron chi connectivity index (χ3n) is 4.04. The van der Waals surface area contributed by atoms with E-state index in [4.69, 9.17) is 0 Å². The number of benzene rings is 1. The number of aromatic nitrogens is 1. The minimum absolute atomic E-state index is 0.0651. The Balaban J connectivity index is 2.76. The Labute approximate surface area is 158 Å². The quantitative estimate of drug-likeness (QED) is 0.460. The van der Waals surface area contributed by atoms with Crippen molar-refractivity contribution in [3.8, 4) is 0 Å². The number of hydrogen-bond acceptors (Lipinski definition) is 4. The van der Waals surface area contributed by atoms with Crippen molar-refractivity contribution in [1.29, 1.82) is 0 Å². The number of nitrogens with zero attached hydrogens (tertiary/aromatic N) is 1. The molecular weight excluding hydrogens is 380 g/mol. The molecule has 0 saturated carbocycles. The van der Waals surface area contributed by atoms with Crippen molar-refractivity contribution in [2.75, 3.05) is 7.11 Å². The standard InChI is InChI=1S/C19H18F4N2O3/c1-10(2)9-19(18(27)28-3,25-17(26)11-7-5-4-6-8-11)12-13(20)15(22)24-16(23)14(12)21/h4-8,10H,9H2,1-3H3,(H,25,26). The summed E-state index contributed by atoms with van der Waals surface area (Å²) in [4.78, 5) is 27.8. The van der Waals surface area contributed by atoms with E-state index in [-0.39, 0.29) is 5.56 Å². The van der Waals surface area contributed by atoms with Gasteiger partial charge < -0.3 is 10.1 Å². The lowest BCUT2D eigenvalue weighted by Gasteiger charge is -2.34. The van der Waals surface area contributed by atoms with E-state index in [1.807, 2.05) is 0 Å². The van der Waals surface area contributed by atoms with Crippen LogP contribution in [0.4, 0.5) is 17.6 Å². The molecule has 2 rings (SSSR count). The first kappa shape index (κ1) is 21.3. The first-order valence-electron chi connectivity index (χ1n) is 8.30. The molecule has 9 heteroatoms. The van der Waals surface area contributed by atoms with E-state index in [2.05, 4.69) is 15.0 Å². The highest BCUT2D eigenvalue weighted by molar-refractivity contribution is 5.98. The number of hydrogen-bond donors (Lipinski definition) is 1. The van der Waals surface area contributed by atoms with Crippen molar-refractivity contribution >= 4 is 11.9 Å². The molecule has 1 N–H and O–H groups in total. The second kappa shape index (κ2) is 8.37. The molecule has 0 fully saturated rings. The molecule has 0 aliphatic heterocycles. The van der Waals surface area contributed by atoms with Gasteiger partial charge in [0.1, 0.15) is 0 Å². The van der Waals surface area contributed by atoms with E-state index < -0.39 is 58.8 Å². The molecular formula is C19H18F4N2O3. The SMILES string of the molecule is COC(=O)C(CC(C)C)(NC(=O)c1ccccc1)c1c(F)c(F)nc(F)c1F. The summed E-state index contributed by atoms with van der Waals surface area (Å²) in [5, 5.41) is 2.23. The zero-order valence-electron chi connectivity index (χ0n) is 15.4. The second-order valence-electron chi connectivity index (χ2n) is 6.51. The van der Waals surface area contributed by atoms with Gasteiger partial charge in [-0.1, -0.05) is 32.0 Å². The zero-order chi connectivity index (χ0) is 21.1. The first-order chi connectivity index (χ1) is 13.1. The number of halogens is 4. The molecule has 0 aliphatic rings. The van der Waals surface area contributed by atoms with Crippen LogP contribution < -0.4 is 5.32 Å². The maximum Gasteiger partial charge on any atom is 0.336 e. The smallest absolute Gasteiger partial charge is 0.336 e. The van der Waals surface area contributed by atoms with Crippen molar-refractivity contribution in [2.45, 2.75) is 25.8 Å². The number of amides is 1. The van der Waals surface area contributed by atoms with Crippen molar-refractivity contribution in [3.05, 3.63) is 65.0 Å². The fourth-order valence-electron chi connectivity index (χ4n) is 2.96. The topological polar surface area (TPSA) is 68.3 Å². The summed E-state index contributed by atoms with van der Waals surface area (Å²) >= 11 is 0. The van der Waals surface area contributed by atoms with Crippen molar-refractivity contribution in [3.63, 3.8) is 0 Å². The van der Waals surface area contributed by atoms with Crippen LogP contribution in [0.25, 0.3) is 0 Å². The lowest BCUT2D eigenvalue weighted by atomic mass is 9.81. The highest BCUT2D eigenvalue weighted by atomic mass is 19.2. The largest absolute Gasteiger partial charge is 0.467 e. The number of pyridine rings is 1. The van der Waals surface area contributed by atoms with E-state index in [1.165, 1.54) is 24.3 Å². The summed E-state index contributed by atoms with van der Waals surface area (Å²) in [7, 11) is 0.926. The lowest BCUT2D eigenvalue weighted by Crippen LogP contribution is -2.54. The number of carbonyl (C=O) groups excluding carboxylic acids is 2. The highest BCUT2D eigenvalue weighted by Gasteiger charge is 2.49. The van der Waals surface area contributed by atoms with Gasteiger partial charge in [-0.2, -0.15) is 13.8 Å². The monoisotopic (exact) mass is 398 g/mol. The van der Waals surface area contributed by atoms with Crippen LogP contribution >= 0.6 is 0 Å². The summed E-state index contributed by atoms with van der Waals surface area (Å²) in [6, 6.07) is 7.49. The molecule has 0 radical (unpaired) electrons. The van der Waals surface area contributed by atoms with Gasteiger partial charge in [0.25, 0.3) is 17.8 Å². The number of carbonyl (C=O) groups is 2. The van der Waals surface area contributed by atoms with Gasteiger partial charge in [-0.3, -0.25) is 4.79 Å². The Morgan fingerprint density at radius 1 is 1.07 bits per heavy atom. The van der Waals surface area contributed by atoms with Crippen molar-refractivity contribution in [1.82, 2.24) is 10.3 Å². The van der Waals surface area contributed by atoms with Gasteiger partial charge in [0.2, 0.25) is 0 Å². The molecule has 0 bridgehead atoms. The fraction of sp³-hybridized carbons (Fsp3) is 0.316. The van der Waals surface area contributed by atoms with Gasteiger partial charge >= 0.3 is 5.97 Å².